The van der Waals surface area contributed by atoms with Gasteiger partial charge in [-0.15, -0.1) is 6.42 Å². The normalized spacial score (nSPS) is 18.2. The first-order valence-electron chi connectivity index (χ1n) is 19.8. The fourth-order valence-electron chi connectivity index (χ4n) is 7.20. The van der Waals surface area contributed by atoms with E-state index in [1.165, 1.54) is 20.3 Å². The maximum absolute atomic E-state index is 13.3. The van der Waals surface area contributed by atoms with Crippen molar-refractivity contribution in [3.63, 3.8) is 0 Å². The third-order valence-corrected chi connectivity index (χ3v) is 10.1. The minimum Gasteiger partial charge on any atom is -0.304 e. The van der Waals surface area contributed by atoms with Gasteiger partial charge >= 0.3 is 6.03 Å². The summed E-state index contributed by atoms with van der Waals surface area (Å²) in [4.78, 5) is 62.4. The van der Waals surface area contributed by atoms with Crippen LogP contribution in [0.25, 0.3) is 0 Å². The Balaban J connectivity index is 0.000000259. The lowest BCUT2D eigenvalue weighted by molar-refractivity contribution is -0.138. The molecule has 1 atom stereocenters. The van der Waals surface area contributed by atoms with Crippen LogP contribution in [0.2, 0.25) is 0 Å². The van der Waals surface area contributed by atoms with E-state index in [4.69, 9.17) is 6.42 Å². The van der Waals surface area contributed by atoms with E-state index < -0.39 is 34.4 Å². The van der Waals surface area contributed by atoms with E-state index in [0.29, 0.717) is 36.6 Å². The lowest BCUT2D eigenvalue weighted by Crippen LogP contribution is -2.35. The number of rotatable bonds is 9. The van der Waals surface area contributed by atoms with Crippen LogP contribution in [0.5, 0.6) is 0 Å². The van der Waals surface area contributed by atoms with Gasteiger partial charge in [-0.05, 0) is 87.5 Å². The van der Waals surface area contributed by atoms with Crippen molar-refractivity contribution in [2.24, 2.45) is 29.6 Å². The van der Waals surface area contributed by atoms with Crippen LogP contribution in [0.3, 0.4) is 0 Å². The number of Topliss-reactive ketones (excluding diaryl/α,β-unsaturated/α-hetero) is 1. The number of ketones is 1. The number of nitrogens with zero attached hydrogens (tertiary/aromatic N) is 3. The first-order chi connectivity index (χ1) is 26.1. The Bertz CT molecular complexity index is 1700. The highest BCUT2D eigenvalue weighted by molar-refractivity contribution is 6.19. The van der Waals surface area contributed by atoms with Crippen molar-refractivity contribution in [1.29, 1.82) is 0 Å². The molecule has 1 aromatic carbocycles. The van der Waals surface area contributed by atoms with Gasteiger partial charge in [0, 0.05) is 41.8 Å². The van der Waals surface area contributed by atoms with Crippen molar-refractivity contribution in [3.8, 4) is 12.3 Å². The zero-order valence-corrected chi connectivity index (χ0v) is 35.1. The molecule has 1 saturated heterocycles. The number of benzene rings is 1. The fourth-order valence-corrected chi connectivity index (χ4v) is 7.20. The summed E-state index contributed by atoms with van der Waals surface area (Å²) in [6, 6.07) is -0.262. The Morgan fingerprint density at radius 1 is 0.732 bits per heavy atom. The Kier molecular flexibility index (Phi) is 18.2. The van der Waals surface area contributed by atoms with E-state index in [9.17, 15) is 41.5 Å². The van der Waals surface area contributed by atoms with Crippen molar-refractivity contribution < 1.29 is 41.5 Å². The second-order valence-electron chi connectivity index (χ2n) is 16.5. The minimum atomic E-state index is -1.30. The number of carbonyl (C=O) groups excluding carboxylic acids is 5. The summed E-state index contributed by atoms with van der Waals surface area (Å²) in [5.41, 5.74) is 2.91. The lowest BCUT2D eigenvalue weighted by atomic mass is 9.90. The van der Waals surface area contributed by atoms with Crippen LogP contribution in [-0.4, -0.2) is 70.4 Å². The van der Waals surface area contributed by atoms with Gasteiger partial charge in [0.2, 0.25) is 5.91 Å². The van der Waals surface area contributed by atoms with Gasteiger partial charge in [0.15, 0.2) is 29.1 Å². The number of allylic oxidation sites excluding steroid dienone is 2. The van der Waals surface area contributed by atoms with E-state index in [2.05, 4.69) is 33.6 Å². The molecule has 8 nitrogen and oxygen atoms in total. The van der Waals surface area contributed by atoms with Crippen molar-refractivity contribution in [1.82, 2.24) is 14.7 Å². The smallest absolute Gasteiger partial charge is 0.304 e. The molecule has 0 saturated carbocycles. The van der Waals surface area contributed by atoms with Crippen molar-refractivity contribution in [3.05, 3.63) is 56.7 Å². The molecule has 0 N–H and O–H groups in total. The quantitative estimate of drug-likeness (QED) is 0.0819. The van der Waals surface area contributed by atoms with Gasteiger partial charge in [0.05, 0.1) is 6.54 Å². The molecule has 0 bridgehead atoms. The summed E-state index contributed by atoms with van der Waals surface area (Å²) in [6.45, 7) is 22.4. The maximum atomic E-state index is 13.3. The Hall–Kier alpha value is -4.27. The molecule has 2 heterocycles. The molecule has 5 amide bonds. The molecule has 1 unspecified atom stereocenters. The number of hydrogen-bond acceptors (Lipinski definition) is 5. The van der Waals surface area contributed by atoms with E-state index in [1.54, 1.807) is 13.8 Å². The Morgan fingerprint density at radius 3 is 1.59 bits per heavy atom. The molecule has 310 valence electrons. The monoisotopic (exact) mass is 787 g/mol. The van der Waals surface area contributed by atoms with Crippen molar-refractivity contribution >= 4 is 29.5 Å². The molecule has 2 aliphatic carbocycles. The highest BCUT2D eigenvalue weighted by atomic mass is 19.2. The number of halogens is 4. The molecular weight excluding hydrogens is 726 g/mol. The van der Waals surface area contributed by atoms with Crippen molar-refractivity contribution in [2.45, 2.75) is 121 Å². The van der Waals surface area contributed by atoms with E-state index >= 15 is 0 Å². The van der Waals surface area contributed by atoms with Gasteiger partial charge in [-0.2, -0.15) is 0 Å². The third kappa shape index (κ3) is 11.9. The predicted octanol–water partition coefficient (Wildman–Crippen LogP) is 9.13. The molecule has 1 aromatic rings. The van der Waals surface area contributed by atoms with Gasteiger partial charge in [0.1, 0.15) is 6.54 Å². The van der Waals surface area contributed by atoms with E-state index in [1.807, 2.05) is 27.7 Å². The van der Waals surface area contributed by atoms with Gasteiger partial charge in [-0.25, -0.2) is 22.4 Å². The maximum Gasteiger partial charge on any atom is 0.328 e. The van der Waals surface area contributed by atoms with E-state index in [0.717, 1.165) is 62.2 Å². The minimum absolute atomic E-state index is 0.0220. The molecule has 0 aromatic heterocycles. The van der Waals surface area contributed by atoms with Crippen LogP contribution in [0, 0.1) is 72.1 Å². The molecule has 4 aliphatic rings. The zero-order valence-electron chi connectivity index (χ0n) is 35.1. The van der Waals surface area contributed by atoms with Crippen LogP contribution >= 0.6 is 0 Å². The first kappa shape index (κ1) is 47.9. The third-order valence-electron chi connectivity index (χ3n) is 10.1. The van der Waals surface area contributed by atoms with Crippen molar-refractivity contribution in [2.75, 3.05) is 26.2 Å². The Labute approximate surface area is 331 Å². The molecule has 0 spiro atoms. The molecule has 12 heteroatoms. The average Bonchev–Trinajstić information content (AvgIpc) is 3.67. The number of amides is 5. The highest BCUT2D eigenvalue weighted by Crippen LogP contribution is 2.36. The number of imide groups is 2. The number of hydrogen-bond donors (Lipinski definition) is 0. The fraction of sp³-hybridized carbons (Fsp3) is 0.614. The molecule has 0 radical (unpaired) electrons. The SMILES string of the molecule is C#CCN1CC(=O)N(CC(C)C)C1=O.CC(C)CN1C(=O)C2=C(CCCC2)C1=O.CCC1=C(C)C(C(C)C)CC1=O.Cc1c(F)c(F)c(CC(C)C)c(F)c1F. The van der Waals surface area contributed by atoms with Crippen LogP contribution in [0.4, 0.5) is 22.4 Å². The standard InChI is InChI=1S/C12H17NO2.C11H12F4.C11H18O.C10H14N2O2/c1-8(2)7-13-11(14)9-5-3-4-6-10(9)12(13)15;1-5(2)4-7-10(14)8(12)6(3)9(13)11(7)15;1-5-9-8(4)10(7(2)3)6-11(9)12;1-4-5-11-7-9(13)12(10(11)14)6-8(2)3/h8H,3-7H2,1-2H3;5H,4H2,1-3H3;7,10H,5-6H2,1-4H3;1,8H,5-7H2,2-3H3. The molecule has 1 fully saturated rings. The van der Waals surface area contributed by atoms with Gasteiger partial charge in [-0.3, -0.25) is 29.0 Å². The second-order valence-corrected chi connectivity index (χ2v) is 16.5. The summed E-state index contributed by atoms with van der Waals surface area (Å²) in [7, 11) is 0. The highest BCUT2D eigenvalue weighted by Gasteiger charge is 2.39. The van der Waals surface area contributed by atoms with Gasteiger partial charge in [-0.1, -0.05) is 73.8 Å². The lowest BCUT2D eigenvalue weighted by Gasteiger charge is -2.16. The predicted molar refractivity (Wildman–Crippen MR) is 210 cm³/mol. The summed E-state index contributed by atoms with van der Waals surface area (Å²) >= 11 is 0. The number of carbonyl (C=O) groups is 5. The Morgan fingerprint density at radius 2 is 1.21 bits per heavy atom. The van der Waals surface area contributed by atoms with Crippen LogP contribution in [0.15, 0.2) is 22.3 Å². The van der Waals surface area contributed by atoms with E-state index in [-0.39, 0.29) is 55.1 Å². The molecule has 56 heavy (non-hydrogen) atoms. The van der Waals surface area contributed by atoms with Crippen LogP contribution in [-0.2, 0) is 25.6 Å². The van der Waals surface area contributed by atoms with Gasteiger partial charge < -0.3 is 4.90 Å². The second kappa shape index (κ2) is 21.3. The first-order valence-corrected chi connectivity index (χ1v) is 19.8. The summed E-state index contributed by atoms with van der Waals surface area (Å²) < 4.78 is 52.8. The molecule has 2 aliphatic heterocycles. The van der Waals surface area contributed by atoms with Gasteiger partial charge in [0.25, 0.3) is 11.8 Å². The topological polar surface area (TPSA) is 95.1 Å². The molecule has 5 rings (SSSR count). The summed E-state index contributed by atoms with van der Waals surface area (Å²) in [5, 5.41) is 0. The average molecular weight is 788 g/mol. The summed E-state index contributed by atoms with van der Waals surface area (Å²) in [5.74, 6) is -0.929. The number of terminal acetylenes is 1. The number of urea groups is 1. The van der Waals surface area contributed by atoms with Crippen LogP contribution < -0.4 is 0 Å². The zero-order chi connectivity index (χ0) is 42.8. The van der Waals surface area contributed by atoms with Crippen LogP contribution in [0.1, 0.15) is 119 Å². The largest absolute Gasteiger partial charge is 0.328 e. The summed E-state index contributed by atoms with van der Waals surface area (Å²) in [6.07, 6.45) is 10.4. The molecular formula is C44H61F4N3O5.